The van der Waals surface area contributed by atoms with Crippen LogP contribution in [0, 0.1) is 5.92 Å². The number of rotatable bonds is 6. The van der Waals surface area contributed by atoms with Crippen LogP contribution in [-0.4, -0.2) is 38.0 Å². The Morgan fingerprint density at radius 3 is 2.64 bits per heavy atom. The summed E-state index contributed by atoms with van der Waals surface area (Å²) in [5.41, 5.74) is 1.19. The molecule has 2 amide bonds. The van der Waals surface area contributed by atoms with Gasteiger partial charge in [-0.1, -0.05) is 17.7 Å². The third-order valence-corrected chi connectivity index (χ3v) is 4.53. The number of anilines is 2. The number of halogens is 1. The smallest absolute Gasteiger partial charge is 0.311 e. The highest BCUT2D eigenvalue weighted by molar-refractivity contribution is 6.30. The molecule has 0 radical (unpaired) electrons. The largest absolute Gasteiger partial charge is 0.497 e. The molecule has 2 aromatic carbocycles. The van der Waals surface area contributed by atoms with Crippen LogP contribution in [0.15, 0.2) is 48.5 Å². The molecule has 1 aliphatic heterocycles. The highest BCUT2D eigenvalue weighted by Crippen LogP contribution is 2.27. The van der Waals surface area contributed by atoms with Crippen molar-refractivity contribution in [1.29, 1.82) is 0 Å². The lowest BCUT2D eigenvalue weighted by atomic mass is 10.1. The van der Waals surface area contributed by atoms with Gasteiger partial charge in [0.05, 0.1) is 13.0 Å². The molecule has 1 fully saturated rings. The molecule has 146 valence electrons. The van der Waals surface area contributed by atoms with E-state index in [0.29, 0.717) is 22.1 Å². The van der Waals surface area contributed by atoms with Gasteiger partial charge in [-0.15, -0.1) is 0 Å². The summed E-state index contributed by atoms with van der Waals surface area (Å²) in [5, 5.41) is 3.08. The number of amides is 2. The van der Waals surface area contributed by atoms with E-state index in [1.54, 1.807) is 55.6 Å². The van der Waals surface area contributed by atoms with Crippen LogP contribution in [0.3, 0.4) is 0 Å². The quantitative estimate of drug-likeness (QED) is 0.751. The van der Waals surface area contributed by atoms with E-state index in [2.05, 4.69) is 5.32 Å². The maximum atomic E-state index is 12.3. The average molecular weight is 403 g/mol. The summed E-state index contributed by atoms with van der Waals surface area (Å²) in [5.74, 6) is -1.17. The summed E-state index contributed by atoms with van der Waals surface area (Å²) < 4.78 is 10.2. The van der Waals surface area contributed by atoms with Crippen molar-refractivity contribution in [3.8, 4) is 5.75 Å². The number of methoxy groups -OCH3 is 1. The average Bonchev–Trinajstić information content (AvgIpc) is 3.08. The first kappa shape index (κ1) is 19.7. The number of ether oxygens (including phenoxy) is 2. The third-order valence-electron chi connectivity index (χ3n) is 4.30. The van der Waals surface area contributed by atoms with E-state index < -0.39 is 24.4 Å². The minimum atomic E-state index is -0.617. The van der Waals surface area contributed by atoms with Crippen LogP contribution in [0.1, 0.15) is 6.42 Å². The van der Waals surface area contributed by atoms with Crippen LogP contribution in [0.2, 0.25) is 5.02 Å². The van der Waals surface area contributed by atoms with Gasteiger partial charge in [0, 0.05) is 29.4 Å². The van der Waals surface area contributed by atoms with Gasteiger partial charge in [-0.3, -0.25) is 14.4 Å². The first-order valence-corrected chi connectivity index (χ1v) is 9.00. The zero-order chi connectivity index (χ0) is 20.1. The predicted octanol–water partition coefficient (Wildman–Crippen LogP) is 2.88. The van der Waals surface area contributed by atoms with E-state index in [0.717, 1.165) is 0 Å². The monoisotopic (exact) mass is 402 g/mol. The van der Waals surface area contributed by atoms with Crippen LogP contribution in [-0.2, 0) is 19.1 Å². The van der Waals surface area contributed by atoms with Crippen molar-refractivity contribution in [2.45, 2.75) is 6.42 Å². The first-order valence-electron chi connectivity index (χ1n) is 8.62. The molecule has 0 saturated carbocycles. The normalized spacial score (nSPS) is 16.0. The van der Waals surface area contributed by atoms with Gasteiger partial charge in [0.25, 0.3) is 5.91 Å². The Morgan fingerprint density at radius 1 is 1.21 bits per heavy atom. The summed E-state index contributed by atoms with van der Waals surface area (Å²) in [6.07, 6.45) is 0.0424. The second kappa shape index (κ2) is 8.75. The fourth-order valence-electron chi connectivity index (χ4n) is 2.90. The lowest BCUT2D eigenvalue weighted by molar-refractivity contribution is -0.151. The lowest BCUT2D eigenvalue weighted by Crippen LogP contribution is -2.28. The minimum Gasteiger partial charge on any atom is -0.497 e. The zero-order valence-electron chi connectivity index (χ0n) is 15.2. The van der Waals surface area contributed by atoms with Gasteiger partial charge in [-0.25, -0.2) is 0 Å². The topological polar surface area (TPSA) is 84.9 Å². The molecule has 2 aromatic rings. The second-order valence-electron chi connectivity index (χ2n) is 6.27. The highest BCUT2D eigenvalue weighted by atomic mass is 35.5. The molecule has 1 saturated heterocycles. The molecule has 1 unspecified atom stereocenters. The molecule has 0 aromatic heterocycles. The van der Waals surface area contributed by atoms with Crippen LogP contribution >= 0.6 is 11.6 Å². The van der Waals surface area contributed by atoms with E-state index in [-0.39, 0.29) is 18.9 Å². The molecular formula is C20H19ClN2O5. The number of nitrogens with zero attached hydrogens (tertiary/aromatic N) is 1. The Kier molecular flexibility index (Phi) is 6.16. The van der Waals surface area contributed by atoms with Crippen molar-refractivity contribution >= 4 is 40.8 Å². The molecule has 8 heteroatoms. The number of esters is 1. The molecule has 3 rings (SSSR count). The summed E-state index contributed by atoms with van der Waals surface area (Å²) in [7, 11) is 1.56. The van der Waals surface area contributed by atoms with Gasteiger partial charge in [-0.2, -0.15) is 0 Å². The molecule has 0 aliphatic carbocycles. The summed E-state index contributed by atoms with van der Waals surface area (Å²) in [6, 6.07) is 13.6. The molecule has 0 bridgehead atoms. The summed E-state index contributed by atoms with van der Waals surface area (Å²) >= 11 is 5.86. The van der Waals surface area contributed by atoms with Crippen molar-refractivity contribution < 1.29 is 23.9 Å². The number of benzene rings is 2. The molecule has 28 heavy (non-hydrogen) atoms. The van der Waals surface area contributed by atoms with E-state index in [9.17, 15) is 14.4 Å². The first-order chi connectivity index (χ1) is 13.5. The van der Waals surface area contributed by atoms with Crippen molar-refractivity contribution in [2.24, 2.45) is 5.92 Å². The molecule has 1 N–H and O–H groups in total. The minimum absolute atomic E-state index is 0.0424. The van der Waals surface area contributed by atoms with Crippen LogP contribution in [0.4, 0.5) is 11.4 Å². The van der Waals surface area contributed by atoms with E-state index in [1.807, 2.05) is 0 Å². The van der Waals surface area contributed by atoms with Gasteiger partial charge in [0.2, 0.25) is 5.91 Å². The molecule has 0 spiro atoms. The number of hydrogen-bond acceptors (Lipinski definition) is 5. The second-order valence-corrected chi connectivity index (χ2v) is 6.71. The Bertz CT molecular complexity index is 884. The maximum absolute atomic E-state index is 12.3. The Morgan fingerprint density at radius 2 is 1.96 bits per heavy atom. The summed E-state index contributed by atoms with van der Waals surface area (Å²) in [6.45, 7) is -0.224. The fourth-order valence-corrected chi connectivity index (χ4v) is 3.09. The maximum Gasteiger partial charge on any atom is 0.311 e. The Labute approximate surface area is 167 Å². The molecular weight excluding hydrogens is 384 g/mol. The van der Waals surface area contributed by atoms with Crippen molar-refractivity contribution in [1.82, 2.24) is 0 Å². The van der Waals surface area contributed by atoms with Crippen molar-refractivity contribution in [3.63, 3.8) is 0 Å². The third kappa shape index (κ3) is 4.80. The SMILES string of the molecule is COc1ccc(N2CC(C(=O)OCC(=O)Nc3cccc(Cl)c3)CC2=O)cc1. The summed E-state index contributed by atoms with van der Waals surface area (Å²) in [4.78, 5) is 38.0. The standard InChI is InChI=1S/C20H19ClN2O5/c1-27-17-7-5-16(6-8-17)23-11-13(9-19(23)25)20(26)28-12-18(24)22-15-4-2-3-14(21)10-15/h2-8,10,13H,9,11-12H2,1H3,(H,22,24). The van der Waals surface area contributed by atoms with Crippen LogP contribution in [0.5, 0.6) is 5.75 Å². The van der Waals surface area contributed by atoms with Crippen molar-refractivity contribution in [3.05, 3.63) is 53.6 Å². The van der Waals surface area contributed by atoms with E-state index >= 15 is 0 Å². The van der Waals surface area contributed by atoms with E-state index in [1.165, 1.54) is 4.90 Å². The number of carbonyl (C=O) groups excluding carboxylic acids is 3. The fraction of sp³-hybridized carbons (Fsp3) is 0.250. The van der Waals surface area contributed by atoms with Gasteiger partial charge in [-0.05, 0) is 42.5 Å². The van der Waals surface area contributed by atoms with Gasteiger partial charge in [0.1, 0.15) is 5.75 Å². The van der Waals surface area contributed by atoms with Crippen LogP contribution < -0.4 is 15.0 Å². The molecule has 1 heterocycles. The number of hydrogen-bond donors (Lipinski definition) is 1. The van der Waals surface area contributed by atoms with Gasteiger partial charge < -0.3 is 19.7 Å². The molecule has 1 aliphatic rings. The molecule has 1 atom stereocenters. The van der Waals surface area contributed by atoms with Gasteiger partial charge >= 0.3 is 5.97 Å². The number of carbonyl (C=O) groups is 3. The Balaban J connectivity index is 1.52. The highest BCUT2D eigenvalue weighted by Gasteiger charge is 2.36. The van der Waals surface area contributed by atoms with E-state index in [4.69, 9.17) is 21.1 Å². The Hall–Kier alpha value is -3.06. The van der Waals surface area contributed by atoms with Crippen molar-refractivity contribution in [2.75, 3.05) is 30.5 Å². The molecule has 7 nitrogen and oxygen atoms in total. The lowest BCUT2D eigenvalue weighted by Gasteiger charge is -2.16. The predicted molar refractivity (Wildman–Crippen MR) is 104 cm³/mol. The number of nitrogens with one attached hydrogen (secondary N) is 1. The van der Waals surface area contributed by atoms with Crippen LogP contribution in [0.25, 0.3) is 0 Å². The zero-order valence-corrected chi connectivity index (χ0v) is 15.9. The van der Waals surface area contributed by atoms with Gasteiger partial charge in [0.15, 0.2) is 6.61 Å².